The van der Waals surface area contributed by atoms with Crippen molar-refractivity contribution in [2.75, 3.05) is 6.54 Å². The van der Waals surface area contributed by atoms with Crippen LogP contribution >= 0.6 is 11.6 Å². The van der Waals surface area contributed by atoms with E-state index >= 15 is 0 Å². The Kier molecular flexibility index (Phi) is 6.46. The van der Waals surface area contributed by atoms with E-state index in [9.17, 15) is 27.2 Å². The summed E-state index contributed by atoms with van der Waals surface area (Å²) in [6.45, 7) is 1.07. The second-order valence-corrected chi connectivity index (χ2v) is 8.34. The smallest absolute Gasteiger partial charge is 0.425 e. The average Bonchev–Trinajstić information content (AvgIpc) is 3.22. The fourth-order valence-corrected chi connectivity index (χ4v) is 4.00. The number of carbonyl (C=O) groups is 2. The van der Waals surface area contributed by atoms with Crippen LogP contribution in [0.5, 0.6) is 5.75 Å². The zero-order chi connectivity index (χ0) is 25.5. The van der Waals surface area contributed by atoms with Crippen LogP contribution < -0.4 is 10.5 Å². The molecule has 0 radical (unpaired) electrons. The molecule has 0 saturated heterocycles. The first-order chi connectivity index (χ1) is 16.5. The van der Waals surface area contributed by atoms with E-state index in [-0.39, 0.29) is 29.2 Å². The second-order valence-electron chi connectivity index (χ2n) is 7.96. The van der Waals surface area contributed by atoms with Crippen molar-refractivity contribution < 1.29 is 31.9 Å². The van der Waals surface area contributed by atoms with E-state index in [1.807, 2.05) is 0 Å². The molecule has 0 aliphatic carbocycles. The normalized spacial score (nSPS) is 14.4. The lowest BCUT2D eigenvalue weighted by Crippen LogP contribution is -2.37. The van der Waals surface area contributed by atoms with Crippen LogP contribution in [0.2, 0.25) is 5.02 Å². The number of fused-ring (bicyclic) bond motifs is 1. The molecule has 1 aliphatic heterocycles. The van der Waals surface area contributed by atoms with Crippen molar-refractivity contribution in [1.82, 2.24) is 14.7 Å². The second kappa shape index (κ2) is 9.21. The summed E-state index contributed by atoms with van der Waals surface area (Å²) in [5.74, 6) is -2.47. The Bertz CT molecular complexity index is 1290. The molecule has 4 rings (SSSR count). The van der Waals surface area contributed by atoms with Crippen LogP contribution in [0.25, 0.3) is 5.69 Å². The number of carbonyl (C=O) groups excluding carboxylic acids is 2. The fourth-order valence-electron chi connectivity index (χ4n) is 3.67. The molecule has 1 atom stereocenters. The van der Waals surface area contributed by atoms with Crippen molar-refractivity contribution >= 4 is 23.4 Å². The van der Waals surface area contributed by atoms with Crippen molar-refractivity contribution in [1.29, 1.82) is 0 Å². The molecule has 2 amide bonds. The molecule has 1 unspecified atom stereocenters. The number of ether oxygens (including phenoxy) is 1. The number of halogens is 5. The van der Waals surface area contributed by atoms with Gasteiger partial charge in [-0.15, -0.1) is 0 Å². The summed E-state index contributed by atoms with van der Waals surface area (Å²) in [7, 11) is 0. The Balaban J connectivity index is 1.66. The van der Waals surface area contributed by atoms with Gasteiger partial charge < -0.3 is 15.4 Å². The van der Waals surface area contributed by atoms with E-state index in [4.69, 9.17) is 22.1 Å². The van der Waals surface area contributed by atoms with Crippen molar-refractivity contribution in [2.45, 2.75) is 32.2 Å². The number of hydrogen-bond acceptors (Lipinski definition) is 4. The van der Waals surface area contributed by atoms with Crippen LogP contribution in [0.1, 0.15) is 38.9 Å². The summed E-state index contributed by atoms with van der Waals surface area (Å²) in [5.41, 5.74) is 6.74. The lowest BCUT2D eigenvalue weighted by Gasteiger charge is -2.28. The molecule has 0 fully saturated rings. The third-order valence-electron chi connectivity index (χ3n) is 5.58. The number of hydrogen-bond donors (Lipinski definition) is 1. The minimum Gasteiger partial charge on any atom is -0.480 e. The number of benzene rings is 2. The van der Waals surface area contributed by atoms with Gasteiger partial charge in [0, 0.05) is 31.3 Å². The monoisotopic (exact) mass is 510 g/mol. The van der Waals surface area contributed by atoms with Crippen LogP contribution in [-0.4, -0.2) is 45.3 Å². The first-order valence-corrected chi connectivity index (χ1v) is 10.8. The van der Waals surface area contributed by atoms with Crippen molar-refractivity contribution in [3.05, 3.63) is 75.8 Å². The summed E-state index contributed by atoms with van der Waals surface area (Å²) >= 11 is 6.26. The predicted octanol–water partition coefficient (Wildman–Crippen LogP) is 4.29. The van der Waals surface area contributed by atoms with E-state index in [0.29, 0.717) is 17.7 Å². The highest BCUT2D eigenvalue weighted by Gasteiger charge is 2.39. The molecule has 35 heavy (non-hydrogen) atoms. The van der Waals surface area contributed by atoms with Gasteiger partial charge in [0.25, 0.3) is 5.91 Å². The number of rotatable bonds is 5. The molecular weight excluding hydrogens is 492 g/mol. The van der Waals surface area contributed by atoms with Crippen molar-refractivity contribution in [3.8, 4) is 11.4 Å². The molecule has 2 aromatic carbocycles. The van der Waals surface area contributed by atoms with Crippen molar-refractivity contribution in [2.24, 2.45) is 5.73 Å². The van der Waals surface area contributed by atoms with Gasteiger partial charge in [0.15, 0.2) is 6.10 Å². The van der Waals surface area contributed by atoms with Crippen LogP contribution in [0.15, 0.2) is 42.6 Å². The standard InChI is InChI=1S/C23H19ClF4N4O3/c1-12(23(26,27)28)35-18-7-6-16(21(29)33)20(24)19(18)22(34)31-9-8-17-13(10-31)11-32(30-17)15-4-2-14(25)3-5-15/h2-7,11-12H,8-10H2,1H3,(H2,29,33). The van der Waals surface area contributed by atoms with E-state index in [2.05, 4.69) is 5.10 Å². The molecule has 12 heteroatoms. The lowest BCUT2D eigenvalue weighted by atomic mass is 10.0. The fraction of sp³-hybridized carbons (Fsp3) is 0.261. The summed E-state index contributed by atoms with van der Waals surface area (Å²) < 4.78 is 59.1. The summed E-state index contributed by atoms with van der Waals surface area (Å²) in [5, 5.41) is 4.09. The SMILES string of the molecule is CC(Oc1ccc(C(N)=O)c(Cl)c1C(=O)N1CCc2nn(-c3ccc(F)cc3)cc2C1)C(F)(F)F. The Morgan fingerprint density at radius 2 is 1.86 bits per heavy atom. The molecule has 0 spiro atoms. The zero-order valence-electron chi connectivity index (χ0n) is 18.3. The van der Waals surface area contributed by atoms with Gasteiger partial charge >= 0.3 is 6.18 Å². The summed E-state index contributed by atoms with van der Waals surface area (Å²) in [6, 6.07) is 7.88. The molecule has 1 aromatic heterocycles. The first-order valence-electron chi connectivity index (χ1n) is 10.4. The molecule has 184 valence electrons. The van der Waals surface area contributed by atoms with Gasteiger partial charge in [-0.25, -0.2) is 9.07 Å². The highest BCUT2D eigenvalue weighted by atomic mass is 35.5. The Morgan fingerprint density at radius 3 is 2.49 bits per heavy atom. The molecule has 1 aliphatic rings. The van der Waals surface area contributed by atoms with Gasteiger partial charge in [-0.2, -0.15) is 18.3 Å². The van der Waals surface area contributed by atoms with Gasteiger partial charge in [-0.3, -0.25) is 9.59 Å². The maximum absolute atomic E-state index is 13.4. The minimum absolute atomic E-state index is 0.0841. The van der Waals surface area contributed by atoms with Gasteiger partial charge in [-0.1, -0.05) is 11.6 Å². The average molecular weight is 511 g/mol. The maximum Gasteiger partial charge on any atom is 0.425 e. The van der Waals surface area contributed by atoms with Gasteiger partial charge in [-0.05, 0) is 43.3 Å². The third-order valence-corrected chi connectivity index (χ3v) is 5.98. The molecule has 0 saturated carbocycles. The van der Waals surface area contributed by atoms with E-state index in [1.54, 1.807) is 23.0 Å². The maximum atomic E-state index is 13.4. The van der Waals surface area contributed by atoms with Crippen LogP contribution in [0.3, 0.4) is 0 Å². The summed E-state index contributed by atoms with van der Waals surface area (Å²) in [4.78, 5) is 26.5. The first kappa shape index (κ1) is 24.5. The Hall–Kier alpha value is -3.60. The largest absolute Gasteiger partial charge is 0.480 e. The van der Waals surface area contributed by atoms with Crippen LogP contribution in [0.4, 0.5) is 17.6 Å². The highest BCUT2D eigenvalue weighted by Crippen LogP contribution is 2.35. The number of amides is 2. The molecular formula is C23H19ClF4N4O3. The predicted molar refractivity (Wildman–Crippen MR) is 118 cm³/mol. The van der Waals surface area contributed by atoms with Crippen molar-refractivity contribution in [3.63, 3.8) is 0 Å². The van der Waals surface area contributed by atoms with Gasteiger partial charge in [0.1, 0.15) is 17.1 Å². The molecule has 7 nitrogen and oxygen atoms in total. The number of nitrogens with two attached hydrogens (primary N) is 1. The highest BCUT2D eigenvalue weighted by molar-refractivity contribution is 6.37. The zero-order valence-corrected chi connectivity index (χ0v) is 19.0. The lowest BCUT2D eigenvalue weighted by molar-refractivity contribution is -0.189. The Labute approximate surface area is 202 Å². The molecule has 0 bridgehead atoms. The number of nitrogens with zero attached hydrogens (tertiary/aromatic N) is 3. The van der Waals surface area contributed by atoms with Gasteiger partial charge in [0.05, 0.1) is 22.0 Å². The third kappa shape index (κ3) is 4.95. The summed E-state index contributed by atoms with van der Waals surface area (Å²) in [6.07, 6.45) is -4.87. The molecule has 2 heterocycles. The van der Waals surface area contributed by atoms with Gasteiger partial charge in [0.2, 0.25) is 5.91 Å². The van der Waals surface area contributed by atoms with Crippen LogP contribution in [-0.2, 0) is 13.0 Å². The number of primary amides is 1. The molecule has 2 N–H and O–H groups in total. The van der Waals surface area contributed by atoms with Crippen LogP contribution in [0, 0.1) is 5.82 Å². The van der Waals surface area contributed by atoms with E-state index in [1.165, 1.54) is 17.0 Å². The van der Waals surface area contributed by atoms with E-state index in [0.717, 1.165) is 24.8 Å². The molecule has 3 aromatic rings. The van der Waals surface area contributed by atoms with E-state index < -0.39 is 35.7 Å². The topological polar surface area (TPSA) is 90.4 Å². The number of aromatic nitrogens is 2. The minimum atomic E-state index is -4.69. The number of alkyl halides is 3. The Morgan fingerprint density at radius 1 is 1.17 bits per heavy atom. The quantitative estimate of drug-likeness (QED) is 0.518.